The molecule has 0 atom stereocenters. The lowest BCUT2D eigenvalue weighted by Gasteiger charge is -2.06. The van der Waals surface area contributed by atoms with Gasteiger partial charge in [-0.05, 0) is 49.3 Å². The van der Waals surface area contributed by atoms with Crippen molar-refractivity contribution < 1.29 is 4.74 Å². The summed E-state index contributed by atoms with van der Waals surface area (Å²) in [4.78, 5) is 1.38. The van der Waals surface area contributed by atoms with Gasteiger partial charge in [-0.15, -0.1) is 11.8 Å². The molecule has 0 spiro atoms. The van der Waals surface area contributed by atoms with Gasteiger partial charge < -0.3 is 10.1 Å². The topological polar surface area (TPSA) is 21.3 Å². The first-order chi connectivity index (χ1) is 8.86. The molecule has 0 aromatic heterocycles. The van der Waals surface area contributed by atoms with Gasteiger partial charge in [0, 0.05) is 25.2 Å². The van der Waals surface area contributed by atoms with Gasteiger partial charge in [-0.1, -0.05) is 19.1 Å². The Hall–Kier alpha value is -0.510. The van der Waals surface area contributed by atoms with E-state index in [4.69, 9.17) is 4.74 Å². The van der Waals surface area contributed by atoms with Gasteiger partial charge in [0.25, 0.3) is 0 Å². The van der Waals surface area contributed by atoms with Crippen molar-refractivity contribution in [3.8, 4) is 0 Å². The van der Waals surface area contributed by atoms with Crippen LogP contribution in [0.2, 0.25) is 0 Å². The lowest BCUT2D eigenvalue weighted by Crippen LogP contribution is -2.13. The van der Waals surface area contributed by atoms with Gasteiger partial charge in [0.15, 0.2) is 0 Å². The van der Waals surface area contributed by atoms with Crippen LogP contribution in [0.15, 0.2) is 29.2 Å². The lowest BCUT2D eigenvalue weighted by molar-refractivity contribution is 0.194. The summed E-state index contributed by atoms with van der Waals surface area (Å²) >= 11 is 1.94. The first-order valence-electron chi connectivity index (χ1n) is 6.78. The Bertz CT molecular complexity index is 317. The van der Waals surface area contributed by atoms with Gasteiger partial charge in [-0.3, -0.25) is 0 Å². The molecular weight excluding hydrogens is 242 g/mol. The molecule has 0 fully saturated rings. The van der Waals surface area contributed by atoms with Crippen LogP contribution in [0.5, 0.6) is 0 Å². The number of hydrogen-bond donors (Lipinski definition) is 1. The molecule has 0 bridgehead atoms. The summed E-state index contributed by atoms with van der Waals surface area (Å²) in [6, 6.07) is 8.84. The number of ether oxygens (including phenoxy) is 1. The van der Waals surface area contributed by atoms with Crippen molar-refractivity contribution in [3.63, 3.8) is 0 Å². The highest BCUT2D eigenvalue weighted by Gasteiger charge is 1.97. The van der Waals surface area contributed by atoms with Crippen LogP contribution >= 0.6 is 11.8 Å². The second-order valence-corrected chi connectivity index (χ2v) is 5.54. The van der Waals surface area contributed by atoms with Gasteiger partial charge in [0.05, 0.1) is 0 Å². The SMILES string of the molecule is CCCNCc1cccc(SCCCCOC)c1. The second-order valence-electron chi connectivity index (χ2n) is 4.37. The van der Waals surface area contributed by atoms with E-state index in [2.05, 4.69) is 36.5 Å². The Morgan fingerprint density at radius 1 is 1.28 bits per heavy atom. The van der Waals surface area contributed by atoms with E-state index in [0.717, 1.165) is 26.1 Å². The van der Waals surface area contributed by atoms with Crippen LogP contribution in [0.4, 0.5) is 0 Å². The minimum absolute atomic E-state index is 0.877. The average molecular weight is 267 g/mol. The zero-order valence-electron chi connectivity index (χ0n) is 11.6. The highest BCUT2D eigenvalue weighted by atomic mass is 32.2. The molecule has 1 aromatic carbocycles. The third-order valence-electron chi connectivity index (χ3n) is 2.67. The molecule has 1 aromatic rings. The van der Waals surface area contributed by atoms with Crippen molar-refractivity contribution in [1.82, 2.24) is 5.32 Å². The number of methoxy groups -OCH3 is 1. The maximum Gasteiger partial charge on any atom is 0.0462 e. The fourth-order valence-corrected chi connectivity index (χ4v) is 2.69. The molecule has 0 amide bonds. The van der Waals surface area contributed by atoms with Crippen molar-refractivity contribution >= 4 is 11.8 Å². The smallest absolute Gasteiger partial charge is 0.0462 e. The Balaban J connectivity index is 2.26. The Kier molecular flexibility index (Phi) is 9.00. The van der Waals surface area contributed by atoms with Crippen molar-refractivity contribution in [3.05, 3.63) is 29.8 Å². The van der Waals surface area contributed by atoms with Crippen molar-refractivity contribution in [2.24, 2.45) is 0 Å². The average Bonchev–Trinajstić information content (AvgIpc) is 2.39. The van der Waals surface area contributed by atoms with Gasteiger partial charge in [-0.25, -0.2) is 0 Å². The van der Waals surface area contributed by atoms with Crippen LogP contribution in [0, 0.1) is 0 Å². The summed E-state index contributed by atoms with van der Waals surface area (Å²) < 4.78 is 5.05. The number of benzene rings is 1. The number of rotatable bonds is 10. The molecule has 0 saturated heterocycles. The van der Waals surface area contributed by atoms with Crippen molar-refractivity contribution in [1.29, 1.82) is 0 Å². The fraction of sp³-hybridized carbons (Fsp3) is 0.600. The number of hydrogen-bond acceptors (Lipinski definition) is 3. The summed E-state index contributed by atoms with van der Waals surface area (Å²) in [6.45, 7) is 5.14. The van der Waals surface area contributed by atoms with E-state index in [-0.39, 0.29) is 0 Å². The molecular formula is C15H25NOS. The third kappa shape index (κ3) is 7.04. The monoisotopic (exact) mass is 267 g/mol. The molecule has 102 valence electrons. The molecule has 2 nitrogen and oxygen atoms in total. The number of thioether (sulfide) groups is 1. The van der Waals surface area contributed by atoms with Gasteiger partial charge in [-0.2, -0.15) is 0 Å². The Morgan fingerprint density at radius 3 is 2.94 bits per heavy atom. The molecule has 1 N–H and O–H groups in total. The summed E-state index contributed by atoms with van der Waals surface area (Å²) in [5.41, 5.74) is 1.38. The number of unbranched alkanes of at least 4 members (excludes halogenated alkanes) is 1. The van der Waals surface area contributed by atoms with E-state index in [1.807, 2.05) is 11.8 Å². The van der Waals surface area contributed by atoms with E-state index in [9.17, 15) is 0 Å². The molecule has 0 aliphatic rings. The van der Waals surface area contributed by atoms with Crippen LogP contribution in [0.3, 0.4) is 0 Å². The molecule has 18 heavy (non-hydrogen) atoms. The van der Waals surface area contributed by atoms with E-state index in [1.165, 1.54) is 29.1 Å². The molecule has 0 unspecified atom stereocenters. The first kappa shape index (κ1) is 15.5. The highest BCUT2D eigenvalue weighted by molar-refractivity contribution is 7.99. The molecule has 0 aliphatic carbocycles. The third-order valence-corrected chi connectivity index (χ3v) is 3.75. The summed E-state index contributed by atoms with van der Waals surface area (Å²) in [5, 5.41) is 3.44. The molecule has 0 radical (unpaired) electrons. The van der Waals surface area contributed by atoms with E-state index >= 15 is 0 Å². The normalized spacial score (nSPS) is 10.8. The lowest BCUT2D eigenvalue weighted by atomic mass is 10.2. The number of nitrogens with one attached hydrogen (secondary N) is 1. The minimum atomic E-state index is 0.877. The van der Waals surface area contributed by atoms with Crippen LogP contribution in [-0.2, 0) is 11.3 Å². The predicted molar refractivity (Wildman–Crippen MR) is 80.3 cm³/mol. The van der Waals surface area contributed by atoms with Crippen molar-refractivity contribution in [2.45, 2.75) is 37.6 Å². The summed E-state index contributed by atoms with van der Waals surface area (Å²) in [7, 11) is 1.76. The molecule has 3 heteroatoms. The quantitative estimate of drug-likeness (QED) is 0.516. The van der Waals surface area contributed by atoms with E-state index < -0.39 is 0 Å². The molecule has 1 rings (SSSR count). The fourth-order valence-electron chi connectivity index (χ4n) is 1.69. The summed E-state index contributed by atoms with van der Waals surface area (Å²) in [5.74, 6) is 1.18. The minimum Gasteiger partial charge on any atom is -0.385 e. The maximum atomic E-state index is 5.05. The molecule has 0 heterocycles. The first-order valence-corrected chi connectivity index (χ1v) is 7.76. The van der Waals surface area contributed by atoms with Crippen molar-refractivity contribution in [2.75, 3.05) is 26.0 Å². The van der Waals surface area contributed by atoms with Gasteiger partial charge in [0.2, 0.25) is 0 Å². The maximum absolute atomic E-state index is 5.05. The van der Waals surface area contributed by atoms with E-state index in [1.54, 1.807) is 7.11 Å². The van der Waals surface area contributed by atoms with Crippen LogP contribution in [0.25, 0.3) is 0 Å². The highest BCUT2D eigenvalue weighted by Crippen LogP contribution is 2.20. The van der Waals surface area contributed by atoms with Gasteiger partial charge in [0.1, 0.15) is 0 Å². The zero-order chi connectivity index (χ0) is 13.1. The van der Waals surface area contributed by atoms with Crippen LogP contribution in [0.1, 0.15) is 31.7 Å². The molecule has 0 aliphatic heterocycles. The predicted octanol–water partition coefficient (Wildman–Crippen LogP) is 3.70. The Morgan fingerprint density at radius 2 is 2.17 bits per heavy atom. The molecule has 0 saturated carbocycles. The van der Waals surface area contributed by atoms with Crippen LogP contribution in [-0.4, -0.2) is 26.0 Å². The van der Waals surface area contributed by atoms with Gasteiger partial charge >= 0.3 is 0 Å². The van der Waals surface area contributed by atoms with E-state index in [0.29, 0.717) is 0 Å². The zero-order valence-corrected chi connectivity index (χ0v) is 12.4. The standard InChI is InChI=1S/C15H25NOS/c1-3-9-16-13-14-7-6-8-15(12-14)18-11-5-4-10-17-2/h6-8,12,16H,3-5,9-11,13H2,1-2H3. The summed E-state index contributed by atoms with van der Waals surface area (Å²) in [6.07, 6.45) is 3.56. The van der Waals surface area contributed by atoms with Crippen LogP contribution < -0.4 is 5.32 Å². The largest absolute Gasteiger partial charge is 0.385 e. The second kappa shape index (κ2) is 10.4. The Labute approximate surface area is 116 Å².